The van der Waals surface area contributed by atoms with E-state index in [0.29, 0.717) is 25.4 Å². The van der Waals surface area contributed by atoms with Crippen LogP contribution in [-0.4, -0.2) is 51.7 Å². The largest absolute Gasteiger partial charge is 0.490 e. The molecule has 0 radical (unpaired) electrons. The van der Waals surface area contributed by atoms with Crippen molar-refractivity contribution in [2.75, 3.05) is 39.5 Å². The van der Waals surface area contributed by atoms with Crippen molar-refractivity contribution in [1.82, 2.24) is 0 Å². The van der Waals surface area contributed by atoms with Crippen molar-refractivity contribution in [1.29, 1.82) is 0 Å². The summed E-state index contributed by atoms with van der Waals surface area (Å²) in [5.74, 6) is 0.871. The van der Waals surface area contributed by atoms with Gasteiger partial charge in [0, 0.05) is 0 Å². The van der Waals surface area contributed by atoms with Gasteiger partial charge in [-0.1, -0.05) is 6.07 Å². The van der Waals surface area contributed by atoms with Crippen LogP contribution in [0.15, 0.2) is 22.7 Å². The molecule has 2 atom stereocenters. The topological polar surface area (TPSA) is 32.1 Å². The Bertz CT molecular complexity index is 459. The number of morpholine rings is 1. The fourth-order valence-electron chi connectivity index (χ4n) is 2.85. The number of aryl methyl sites for hydroxylation is 1. The second kappa shape index (κ2) is 8.87. The lowest BCUT2D eigenvalue weighted by Crippen LogP contribution is -3.15. The Morgan fingerprint density at radius 1 is 1.18 bits per heavy atom. The molecule has 1 aliphatic rings. The molecule has 1 saturated heterocycles. The van der Waals surface area contributed by atoms with Crippen LogP contribution in [0.3, 0.4) is 0 Å². The Balaban J connectivity index is 1.57. The molecule has 1 N–H and O–H groups in total. The standard InChI is InChI=1S/C17H26BrNO3/c1-13-4-5-17(16(18)10-13)21-9-8-20-7-6-19-11-14(2)22-15(3)12-19/h4-5,10,14-15H,6-9,11-12H2,1-3H3/p+1/t14-,15-/m1/s1. The molecule has 5 heteroatoms. The molecule has 0 bridgehead atoms. The predicted octanol–water partition coefficient (Wildman–Crippen LogP) is 1.85. The van der Waals surface area contributed by atoms with E-state index in [2.05, 4.69) is 42.8 Å². The molecule has 124 valence electrons. The molecular weight excluding hydrogens is 346 g/mol. The van der Waals surface area contributed by atoms with Gasteiger partial charge in [-0.2, -0.15) is 0 Å². The number of benzene rings is 1. The molecule has 0 saturated carbocycles. The molecule has 0 spiro atoms. The van der Waals surface area contributed by atoms with Crippen molar-refractivity contribution in [2.45, 2.75) is 33.0 Å². The summed E-state index contributed by atoms with van der Waals surface area (Å²) >= 11 is 3.51. The van der Waals surface area contributed by atoms with Gasteiger partial charge >= 0.3 is 0 Å². The molecular formula is C17H27BrNO3+. The lowest BCUT2D eigenvalue weighted by atomic mass is 10.2. The Kier molecular flexibility index (Phi) is 7.15. The molecule has 1 heterocycles. The number of nitrogens with one attached hydrogen (secondary N) is 1. The van der Waals surface area contributed by atoms with Crippen molar-refractivity contribution in [3.63, 3.8) is 0 Å². The fourth-order valence-corrected chi connectivity index (χ4v) is 3.45. The lowest BCUT2D eigenvalue weighted by molar-refractivity contribution is -0.915. The van der Waals surface area contributed by atoms with E-state index in [4.69, 9.17) is 14.2 Å². The minimum absolute atomic E-state index is 0.348. The summed E-state index contributed by atoms with van der Waals surface area (Å²) in [6.45, 7) is 11.5. The first-order valence-electron chi connectivity index (χ1n) is 8.00. The zero-order valence-corrected chi connectivity index (χ0v) is 15.3. The van der Waals surface area contributed by atoms with E-state index in [9.17, 15) is 0 Å². The smallest absolute Gasteiger partial charge is 0.133 e. The predicted molar refractivity (Wildman–Crippen MR) is 90.8 cm³/mol. The number of quaternary nitrogens is 1. The van der Waals surface area contributed by atoms with Crippen LogP contribution in [0.5, 0.6) is 5.75 Å². The molecule has 22 heavy (non-hydrogen) atoms. The minimum atomic E-state index is 0.348. The van der Waals surface area contributed by atoms with E-state index < -0.39 is 0 Å². The van der Waals surface area contributed by atoms with Crippen LogP contribution in [0.25, 0.3) is 0 Å². The lowest BCUT2D eigenvalue weighted by Gasteiger charge is -2.32. The zero-order chi connectivity index (χ0) is 15.9. The van der Waals surface area contributed by atoms with Gasteiger partial charge in [0.15, 0.2) is 0 Å². The van der Waals surface area contributed by atoms with Crippen molar-refractivity contribution in [3.05, 3.63) is 28.2 Å². The summed E-state index contributed by atoms with van der Waals surface area (Å²) in [5, 5.41) is 0. The van der Waals surface area contributed by atoms with Crippen LogP contribution in [0.2, 0.25) is 0 Å². The van der Waals surface area contributed by atoms with Gasteiger partial charge in [0.25, 0.3) is 0 Å². The van der Waals surface area contributed by atoms with Gasteiger partial charge < -0.3 is 19.1 Å². The molecule has 0 aromatic heterocycles. The second-order valence-electron chi connectivity index (χ2n) is 6.06. The van der Waals surface area contributed by atoms with E-state index in [1.807, 2.05) is 12.1 Å². The van der Waals surface area contributed by atoms with Gasteiger partial charge in [0.2, 0.25) is 0 Å². The highest BCUT2D eigenvalue weighted by Gasteiger charge is 2.24. The van der Waals surface area contributed by atoms with Gasteiger partial charge in [-0.25, -0.2) is 0 Å². The van der Waals surface area contributed by atoms with E-state index in [1.54, 1.807) is 4.90 Å². The van der Waals surface area contributed by atoms with E-state index >= 15 is 0 Å². The molecule has 0 unspecified atom stereocenters. The maximum Gasteiger partial charge on any atom is 0.133 e. The number of ether oxygens (including phenoxy) is 3. The average molecular weight is 373 g/mol. The molecule has 0 aliphatic carbocycles. The summed E-state index contributed by atoms with van der Waals surface area (Å²) in [4.78, 5) is 1.56. The normalized spacial score (nSPS) is 25.2. The third-order valence-electron chi connectivity index (χ3n) is 3.79. The van der Waals surface area contributed by atoms with E-state index in [-0.39, 0.29) is 0 Å². The van der Waals surface area contributed by atoms with Gasteiger partial charge in [0.05, 0.1) is 17.7 Å². The number of halogens is 1. The first-order valence-corrected chi connectivity index (χ1v) is 8.79. The highest BCUT2D eigenvalue weighted by atomic mass is 79.9. The molecule has 1 aromatic carbocycles. The Hall–Kier alpha value is -0.620. The minimum Gasteiger partial charge on any atom is -0.490 e. The first kappa shape index (κ1) is 17.7. The third kappa shape index (κ3) is 5.88. The van der Waals surface area contributed by atoms with Crippen LogP contribution >= 0.6 is 15.9 Å². The summed E-state index contributed by atoms with van der Waals surface area (Å²) in [7, 11) is 0. The van der Waals surface area contributed by atoms with E-state index in [1.165, 1.54) is 5.56 Å². The summed E-state index contributed by atoms with van der Waals surface area (Å²) in [6, 6.07) is 6.09. The molecule has 1 aromatic rings. The quantitative estimate of drug-likeness (QED) is 0.741. The second-order valence-corrected chi connectivity index (χ2v) is 6.91. The van der Waals surface area contributed by atoms with Gasteiger partial charge in [0.1, 0.15) is 44.2 Å². The summed E-state index contributed by atoms with van der Waals surface area (Å²) < 4.78 is 18.1. The SMILES string of the molecule is Cc1ccc(OCCOCC[NH+]2C[C@@H](C)O[C@H](C)C2)c(Br)c1. The number of hydrogen-bond donors (Lipinski definition) is 1. The summed E-state index contributed by atoms with van der Waals surface area (Å²) in [6.07, 6.45) is 0.696. The molecule has 2 rings (SSSR count). The van der Waals surface area contributed by atoms with Crippen molar-refractivity contribution < 1.29 is 19.1 Å². The van der Waals surface area contributed by atoms with Gasteiger partial charge in [-0.3, -0.25) is 0 Å². The van der Waals surface area contributed by atoms with Crippen LogP contribution in [0.4, 0.5) is 0 Å². The van der Waals surface area contributed by atoms with Crippen LogP contribution in [0.1, 0.15) is 19.4 Å². The maximum absolute atomic E-state index is 5.74. The zero-order valence-electron chi connectivity index (χ0n) is 13.7. The molecule has 1 fully saturated rings. The monoisotopic (exact) mass is 372 g/mol. The molecule has 0 amide bonds. The van der Waals surface area contributed by atoms with Gasteiger partial charge in [-0.05, 0) is 54.4 Å². The Morgan fingerprint density at radius 3 is 2.59 bits per heavy atom. The maximum atomic E-state index is 5.74. The average Bonchev–Trinajstić information content (AvgIpc) is 2.43. The van der Waals surface area contributed by atoms with Crippen molar-refractivity contribution >= 4 is 15.9 Å². The van der Waals surface area contributed by atoms with Crippen LogP contribution < -0.4 is 9.64 Å². The number of rotatable bonds is 7. The van der Waals surface area contributed by atoms with Gasteiger partial charge in [-0.15, -0.1) is 0 Å². The number of hydrogen-bond acceptors (Lipinski definition) is 3. The highest BCUT2D eigenvalue weighted by molar-refractivity contribution is 9.10. The highest BCUT2D eigenvalue weighted by Crippen LogP contribution is 2.25. The Labute approximate surface area is 141 Å². The first-order chi connectivity index (χ1) is 10.5. The fraction of sp³-hybridized carbons (Fsp3) is 0.647. The third-order valence-corrected chi connectivity index (χ3v) is 4.41. The van der Waals surface area contributed by atoms with Crippen LogP contribution in [0, 0.1) is 6.92 Å². The Morgan fingerprint density at radius 2 is 1.91 bits per heavy atom. The molecule has 4 nitrogen and oxygen atoms in total. The van der Waals surface area contributed by atoms with Crippen molar-refractivity contribution in [3.8, 4) is 5.75 Å². The van der Waals surface area contributed by atoms with E-state index in [0.717, 1.165) is 36.5 Å². The summed E-state index contributed by atoms with van der Waals surface area (Å²) in [5.41, 5.74) is 1.22. The van der Waals surface area contributed by atoms with Crippen LogP contribution in [-0.2, 0) is 9.47 Å². The molecule has 1 aliphatic heterocycles. The van der Waals surface area contributed by atoms with Crippen molar-refractivity contribution in [2.24, 2.45) is 0 Å².